The van der Waals surface area contributed by atoms with Crippen LogP contribution in [0.25, 0.3) is 0 Å². The van der Waals surface area contributed by atoms with Crippen LogP contribution in [0.3, 0.4) is 0 Å². The number of carbonyl (C=O) groups excluding carboxylic acids is 2. The van der Waals surface area contributed by atoms with Gasteiger partial charge in [-0.3, -0.25) is 0 Å². The van der Waals surface area contributed by atoms with E-state index >= 15 is 0 Å². The van der Waals surface area contributed by atoms with E-state index in [-0.39, 0.29) is 27.7 Å². The third kappa shape index (κ3) is 6.53. The van der Waals surface area contributed by atoms with Crippen LogP contribution in [0.1, 0.15) is 45.7 Å². The van der Waals surface area contributed by atoms with E-state index in [1.807, 2.05) is 26.0 Å². The second-order valence-electron chi connectivity index (χ2n) is 4.60. The summed E-state index contributed by atoms with van der Waals surface area (Å²) in [5, 5.41) is 20.9. The van der Waals surface area contributed by atoms with Crippen molar-refractivity contribution in [2.45, 2.75) is 26.7 Å². The number of hydrogen-bond donors (Lipinski definition) is 0. The quantitative estimate of drug-likeness (QED) is 0.594. The smallest absolute Gasteiger partial charge is 0.545 e. The van der Waals surface area contributed by atoms with Crippen molar-refractivity contribution < 1.29 is 47.5 Å². The number of aromatic carboxylic acids is 2. The second kappa shape index (κ2) is 10.9. The average Bonchev–Trinajstić information content (AvgIpc) is 2.55. The summed E-state index contributed by atoms with van der Waals surface area (Å²) in [4.78, 5) is 20.9. The molecule has 0 radical (unpaired) electrons. The molecule has 0 aliphatic rings. The summed E-state index contributed by atoms with van der Waals surface area (Å²) in [5.74, 6) is -2.19. The Bertz CT molecular complexity index is 595. The summed E-state index contributed by atoms with van der Waals surface area (Å²) in [6.07, 6.45) is 1.45. The van der Waals surface area contributed by atoms with Gasteiger partial charge in [-0.1, -0.05) is 62.4 Å². The van der Waals surface area contributed by atoms with Crippen molar-refractivity contribution in [2.75, 3.05) is 0 Å². The minimum atomic E-state index is -1.09. The average molecular weight is 499 g/mol. The van der Waals surface area contributed by atoms with E-state index < -0.39 is 11.9 Å². The van der Waals surface area contributed by atoms with Crippen LogP contribution in [0.4, 0.5) is 0 Å². The van der Waals surface area contributed by atoms with Crippen molar-refractivity contribution >= 4 is 11.9 Å². The van der Waals surface area contributed by atoms with E-state index in [0.29, 0.717) is 11.1 Å². The van der Waals surface area contributed by atoms with Crippen molar-refractivity contribution in [1.82, 2.24) is 0 Å². The van der Waals surface area contributed by atoms with Crippen LogP contribution in [-0.2, 0) is 40.5 Å². The maximum atomic E-state index is 10.5. The molecule has 116 valence electrons. The van der Waals surface area contributed by atoms with Crippen LogP contribution in [-0.4, -0.2) is 11.9 Å². The molecule has 0 aliphatic heterocycles. The van der Waals surface area contributed by atoms with Crippen molar-refractivity contribution in [2.24, 2.45) is 0 Å². The van der Waals surface area contributed by atoms with E-state index in [1.165, 1.54) is 0 Å². The summed E-state index contributed by atoms with van der Waals surface area (Å²) in [6.45, 7) is 3.84. The molecular formula is C18H18HgO4. The second-order valence-corrected chi connectivity index (χ2v) is 4.60. The standard InChI is InChI=1S/2C9H10O2.Hg/c2*1-2-7-5-3-4-6-8(7)9(10)11;/h2*3-6H,2H2,1H3,(H,10,11);/q;;+2/p-2. The summed E-state index contributed by atoms with van der Waals surface area (Å²) >= 11 is 0. The van der Waals surface area contributed by atoms with Crippen LogP contribution in [0.2, 0.25) is 0 Å². The van der Waals surface area contributed by atoms with Crippen molar-refractivity contribution in [3.63, 3.8) is 0 Å². The van der Waals surface area contributed by atoms with E-state index in [4.69, 9.17) is 0 Å². The predicted octanol–water partition coefficient (Wildman–Crippen LogP) is 1.22. The Hall–Kier alpha value is -1.68. The molecule has 2 aromatic rings. The Balaban J connectivity index is 0.000000403. The molecule has 0 spiro atoms. The molecule has 0 heterocycles. The van der Waals surface area contributed by atoms with Gasteiger partial charge in [0.2, 0.25) is 0 Å². The Morgan fingerprint density at radius 2 is 1.04 bits per heavy atom. The van der Waals surface area contributed by atoms with Crippen LogP contribution >= 0.6 is 0 Å². The minimum absolute atomic E-state index is 0. The largest absolute Gasteiger partial charge is 2.00 e. The Kier molecular flexibility index (Phi) is 10.1. The molecule has 0 fully saturated rings. The third-order valence-corrected chi connectivity index (χ3v) is 3.24. The number of aryl methyl sites for hydroxylation is 2. The molecule has 0 aromatic heterocycles. The molecule has 0 atom stereocenters. The minimum Gasteiger partial charge on any atom is -0.545 e. The van der Waals surface area contributed by atoms with Crippen LogP contribution in [0.5, 0.6) is 0 Å². The first kappa shape index (κ1) is 21.3. The summed E-state index contributed by atoms with van der Waals surface area (Å²) in [7, 11) is 0. The molecule has 0 saturated carbocycles. The zero-order chi connectivity index (χ0) is 16.5. The molecule has 23 heavy (non-hydrogen) atoms. The number of carbonyl (C=O) groups is 2. The van der Waals surface area contributed by atoms with E-state index in [1.54, 1.807) is 36.4 Å². The fraction of sp³-hybridized carbons (Fsp3) is 0.222. The van der Waals surface area contributed by atoms with Gasteiger partial charge in [-0.05, 0) is 24.0 Å². The Labute approximate surface area is 156 Å². The first-order chi connectivity index (χ1) is 10.5. The maximum absolute atomic E-state index is 10.5. The summed E-state index contributed by atoms with van der Waals surface area (Å²) in [5.41, 5.74) is 2.25. The summed E-state index contributed by atoms with van der Waals surface area (Å²) < 4.78 is 0. The van der Waals surface area contributed by atoms with Crippen molar-refractivity contribution in [1.29, 1.82) is 0 Å². The fourth-order valence-electron chi connectivity index (χ4n) is 2.06. The normalized spacial score (nSPS) is 9.13. The van der Waals surface area contributed by atoms with Crippen molar-refractivity contribution in [3.8, 4) is 0 Å². The van der Waals surface area contributed by atoms with Crippen LogP contribution in [0, 0.1) is 0 Å². The number of carboxylic acid groups (broad SMARTS) is 2. The molecule has 0 saturated heterocycles. The molecule has 0 unspecified atom stereocenters. The monoisotopic (exact) mass is 500 g/mol. The van der Waals surface area contributed by atoms with Gasteiger partial charge < -0.3 is 19.8 Å². The van der Waals surface area contributed by atoms with Gasteiger partial charge in [0.15, 0.2) is 0 Å². The zero-order valence-corrected chi connectivity index (χ0v) is 18.9. The molecule has 5 heteroatoms. The van der Waals surface area contributed by atoms with Gasteiger partial charge in [0, 0.05) is 11.1 Å². The van der Waals surface area contributed by atoms with Gasteiger partial charge in [0.05, 0.1) is 11.9 Å². The zero-order valence-electron chi connectivity index (χ0n) is 13.4. The molecule has 2 aromatic carbocycles. The summed E-state index contributed by atoms with van der Waals surface area (Å²) in [6, 6.07) is 13.8. The van der Waals surface area contributed by atoms with Crippen LogP contribution < -0.4 is 10.2 Å². The topological polar surface area (TPSA) is 80.3 Å². The molecule has 0 N–H and O–H groups in total. The van der Waals surface area contributed by atoms with Gasteiger partial charge >= 0.3 is 27.7 Å². The van der Waals surface area contributed by atoms with E-state index in [0.717, 1.165) is 24.0 Å². The van der Waals surface area contributed by atoms with Gasteiger partial charge in [0.1, 0.15) is 0 Å². The molecule has 4 nitrogen and oxygen atoms in total. The number of hydrogen-bond acceptors (Lipinski definition) is 4. The molecule has 0 bridgehead atoms. The first-order valence-corrected chi connectivity index (χ1v) is 7.09. The van der Waals surface area contributed by atoms with Gasteiger partial charge in [0.25, 0.3) is 0 Å². The number of rotatable bonds is 4. The molecular weight excluding hydrogens is 481 g/mol. The number of benzene rings is 2. The molecule has 2 rings (SSSR count). The maximum Gasteiger partial charge on any atom is 2.00 e. The van der Waals surface area contributed by atoms with E-state index in [9.17, 15) is 19.8 Å². The number of carboxylic acids is 2. The van der Waals surface area contributed by atoms with Gasteiger partial charge in [-0.25, -0.2) is 0 Å². The molecule has 0 amide bonds. The fourth-order valence-corrected chi connectivity index (χ4v) is 2.06. The first-order valence-electron chi connectivity index (χ1n) is 7.09. The SMILES string of the molecule is CCc1ccccc1C(=O)[O-].CCc1ccccc1C(=O)[O-].[Hg+2]. The van der Waals surface area contributed by atoms with Gasteiger partial charge in [-0.2, -0.15) is 0 Å². The predicted molar refractivity (Wildman–Crippen MR) is 80.3 cm³/mol. The van der Waals surface area contributed by atoms with E-state index in [2.05, 4.69) is 0 Å². The van der Waals surface area contributed by atoms with Crippen molar-refractivity contribution in [3.05, 3.63) is 70.8 Å². The van der Waals surface area contributed by atoms with Gasteiger partial charge in [-0.15, -0.1) is 0 Å². The Morgan fingerprint density at radius 3 is 1.26 bits per heavy atom. The van der Waals surface area contributed by atoms with Crippen LogP contribution in [0.15, 0.2) is 48.5 Å². The Morgan fingerprint density at radius 1 is 0.739 bits per heavy atom. The molecule has 0 aliphatic carbocycles. The third-order valence-electron chi connectivity index (χ3n) is 3.24.